The summed E-state index contributed by atoms with van der Waals surface area (Å²) in [7, 11) is 3.99. The summed E-state index contributed by atoms with van der Waals surface area (Å²) in [5.74, 6) is 0.330. The molecule has 0 amide bonds. The third-order valence-electron chi connectivity index (χ3n) is 3.49. The predicted molar refractivity (Wildman–Crippen MR) is 71.2 cm³/mol. The van der Waals surface area contributed by atoms with E-state index in [0.717, 1.165) is 22.9 Å². The van der Waals surface area contributed by atoms with Gasteiger partial charge in [-0.2, -0.15) is 0 Å². The highest BCUT2D eigenvalue weighted by Gasteiger charge is 2.36. The summed E-state index contributed by atoms with van der Waals surface area (Å²) in [6.07, 6.45) is 1.96. The summed E-state index contributed by atoms with van der Waals surface area (Å²) in [6, 6.07) is 5.54. The molecular formula is C13H18BrFN2. The van der Waals surface area contributed by atoms with Crippen molar-refractivity contribution in [3.05, 3.63) is 34.1 Å². The van der Waals surface area contributed by atoms with Gasteiger partial charge in [-0.1, -0.05) is 15.9 Å². The van der Waals surface area contributed by atoms with Gasteiger partial charge in [-0.3, -0.25) is 0 Å². The Hall–Kier alpha value is -0.450. The molecule has 1 saturated carbocycles. The summed E-state index contributed by atoms with van der Waals surface area (Å²) in [5, 5.41) is 0. The minimum atomic E-state index is -0.132. The number of hydrogen-bond acceptors (Lipinski definition) is 2. The fraction of sp³-hybridized carbons (Fsp3) is 0.538. The van der Waals surface area contributed by atoms with Gasteiger partial charge >= 0.3 is 0 Å². The first-order chi connectivity index (χ1) is 7.99. The number of hydrogen-bond donors (Lipinski definition) is 1. The van der Waals surface area contributed by atoms with Crippen LogP contribution in [0.25, 0.3) is 0 Å². The van der Waals surface area contributed by atoms with Gasteiger partial charge in [0.15, 0.2) is 0 Å². The zero-order valence-corrected chi connectivity index (χ0v) is 11.7. The number of halogens is 2. The summed E-state index contributed by atoms with van der Waals surface area (Å²) < 4.78 is 14.8. The second-order valence-corrected chi connectivity index (χ2v) is 5.98. The van der Waals surface area contributed by atoms with Crippen LogP contribution in [0, 0.1) is 11.7 Å². The average molecular weight is 301 g/mol. The van der Waals surface area contributed by atoms with Crippen molar-refractivity contribution in [2.75, 3.05) is 14.1 Å². The van der Waals surface area contributed by atoms with E-state index in [4.69, 9.17) is 5.73 Å². The Balaban J connectivity index is 2.29. The normalized spacial score (nSPS) is 25.8. The molecule has 1 aromatic rings. The first-order valence-corrected chi connectivity index (χ1v) is 6.65. The first kappa shape index (κ1) is 13.0. The lowest BCUT2D eigenvalue weighted by atomic mass is 9.73. The maximum absolute atomic E-state index is 13.9. The van der Waals surface area contributed by atoms with E-state index in [-0.39, 0.29) is 17.9 Å². The fourth-order valence-corrected chi connectivity index (χ4v) is 3.04. The Bertz CT molecular complexity index is 402. The molecule has 0 aliphatic heterocycles. The van der Waals surface area contributed by atoms with E-state index in [2.05, 4.69) is 20.8 Å². The zero-order valence-electron chi connectivity index (χ0n) is 10.2. The summed E-state index contributed by atoms with van der Waals surface area (Å²) in [4.78, 5) is 2.08. The monoisotopic (exact) mass is 300 g/mol. The van der Waals surface area contributed by atoms with Crippen LogP contribution in [-0.2, 0) is 0 Å². The van der Waals surface area contributed by atoms with Gasteiger partial charge in [-0.15, -0.1) is 0 Å². The van der Waals surface area contributed by atoms with Crippen molar-refractivity contribution < 1.29 is 4.39 Å². The molecular weight excluding hydrogens is 283 g/mol. The minimum absolute atomic E-state index is 0.118. The van der Waals surface area contributed by atoms with Crippen molar-refractivity contribution in [1.82, 2.24) is 4.90 Å². The van der Waals surface area contributed by atoms with E-state index in [1.54, 1.807) is 6.07 Å². The molecule has 1 aliphatic rings. The number of rotatable bonds is 3. The van der Waals surface area contributed by atoms with Crippen molar-refractivity contribution in [2.24, 2.45) is 11.7 Å². The van der Waals surface area contributed by atoms with Crippen LogP contribution in [0.2, 0.25) is 0 Å². The van der Waals surface area contributed by atoms with Crippen molar-refractivity contribution in [1.29, 1.82) is 0 Å². The highest BCUT2D eigenvalue weighted by molar-refractivity contribution is 9.10. The highest BCUT2D eigenvalue weighted by Crippen LogP contribution is 2.41. The van der Waals surface area contributed by atoms with Crippen molar-refractivity contribution in [2.45, 2.75) is 24.9 Å². The molecule has 1 aromatic carbocycles. The van der Waals surface area contributed by atoms with E-state index in [1.807, 2.05) is 20.2 Å². The molecule has 2 rings (SSSR count). The third-order valence-corrected chi connectivity index (χ3v) is 3.98. The Kier molecular flexibility index (Phi) is 3.85. The molecule has 2 nitrogen and oxygen atoms in total. The van der Waals surface area contributed by atoms with Gasteiger partial charge in [0.25, 0.3) is 0 Å². The Morgan fingerprint density at radius 1 is 1.41 bits per heavy atom. The third kappa shape index (κ3) is 2.69. The van der Waals surface area contributed by atoms with Gasteiger partial charge < -0.3 is 10.6 Å². The Morgan fingerprint density at radius 2 is 2.06 bits per heavy atom. The Labute approximate surface area is 110 Å². The van der Waals surface area contributed by atoms with Gasteiger partial charge in [-0.05, 0) is 51.1 Å². The number of benzene rings is 1. The SMILES string of the molecule is CN(C)C(c1cc(Br)ccc1F)C1CC(N)C1. The molecule has 17 heavy (non-hydrogen) atoms. The molecule has 1 aliphatic carbocycles. The van der Waals surface area contributed by atoms with Crippen LogP contribution in [0.3, 0.4) is 0 Å². The molecule has 0 heterocycles. The molecule has 0 radical (unpaired) electrons. The van der Waals surface area contributed by atoms with Crippen LogP contribution >= 0.6 is 15.9 Å². The van der Waals surface area contributed by atoms with Crippen LogP contribution in [0.15, 0.2) is 22.7 Å². The molecule has 94 valence electrons. The van der Waals surface area contributed by atoms with Crippen LogP contribution in [0.5, 0.6) is 0 Å². The molecule has 1 fully saturated rings. The maximum atomic E-state index is 13.9. The van der Waals surface area contributed by atoms with E-state index in [9.17, 15) is 4.39 Å². The zero-order chi connectivity index (χ0) is 12.6. The lowest BCUT2D eigenvalue weighted by molar-refractivity contribution is 0.120. The quantitative estimate of drug-likeness (QED) is 0.930. The van der Waals surface area contributed by atoms with Crippen LogP contribution in [-0.4, -0.2) is 25.0 Å². The fourth-order valence-electron chi connectivity index (χ4n) is 2.66. The average Bonchev–Trinajstić information content (AvgIpc) is 2.20. The molecule has 4 heteroatoms. The van der Waals surface area contributed by atoms with Gasteiger partial charge in [0, 0.05) is 22.1 Å². The smallest absolute Gasteiger partial charge is 0.128 e. The molecule has 2 N–H and O–H groups in total. The molecule has 0 saturated heterocycles. The largest absolute Gasteiger partial charge is 0.328 e. The maximum Gasteiger partial charge on any atom is 0.128 e. The van der Waals surface area contributed by atoms with Gasteiger partial charge in [0.2, 0.25) is 0 Å². The second kappa shape index (κ2) is 5.04. The van der Waals surface area contributed by atoms with Crippen LogP contribution < -0.4 is 5.73 Å². The van der Waals surface area contributed by atoms with Crippen molar-refractivity contribution in [3.63, 3.8) is 0 Å². The minimum Gasteiger partial charge on any atom is -0.328 e. The summed E-state index contributed by atoms with van der Waals surface area (Å²) >= 11 is 3.40. The Morgan fingerprint density at radius 3 is 2.59 bits per heavy atom. The van der Waals surface area contributed by atoms with Gasteiger partial charge in [-0.25, -0.2) is 4.39 Å². The molecule has 1 unspecified atom stereocenters. The lowest BCUT2D eigenvalue weighted by Gasteiger charge is -2.42. The van der Waals surface area contributed by atoms with E-state index in [1.165, 1.54) is 6.07 Å². The first-order valence-electron chi connectivity index (χ1n) is 5.86. The van der Waals surface area contributed by atoms with Crippen molar-refractivity contribution in [3.8, 4) is 0 Å². The van der Waals surface area contributed by atoms with Crippen LogP contribution in [0.4, 0.5) is 4.39 Å². The second-order valence-electron chi connectivity index (χ2n) is 5.07. The highest BCUT2D eigenvalue weighted by atomic mass is 79.9. The molecule has 0 spiro atoms. The molecule has 0 bridgehead atoms. The number of nitrogens with two attached hydrogens (primary N) is 1. The topological polar surface area (TPSA) is 29.3 Å². The van der Waals surface area contributed by atoms with Crippen molar-refractivity contribution >= 4 is 15.9 Å². The molecule has 0 aromatic heterocycles. The lowest BCUT2D eigenvalue weighted by Crippen LogP contribution is -2.43. The van der Waals surface area contributed by atoms with Gasteiger partial charge in [0.1, 0.15) is 5.82 Å². The number of nitrogens with zero attached hydrogens (tertiary/aromatic N) is 1. The predicted octanol–water partition coefficient (Wildman–Crippen LogP) is 2.93. The summed E-state index contributed by atoms with van der Waals surface area (Å²) in [6.45, 7) is 0. The van der Waals surface area contributed by atoms with E-state index in [0.29, 0.717) is 5.92 Å². The van der Waals surface area contributed by atoms with E-state index >= 15 is 0 Å². The summed E-state index contributed by atoms with van der Waals surface area (Å²) in [5.41, 5.74) is 6.60. The molecule has 1 atom stereocenters. The van der Waals surface area contributed by atoms with Crippen LogP contribution in [0.1, 0.15) is 24.4 Å². The van der Waals surface area contributed by atoms with E-state index < -0.39 is 0 Å². The van der Waals surface area contributed by atoms with Gasteiger partial charge in [0.05, 0.1) is 0 Å². The standard InChI is InChI=1S/C13H18BrFN2/c1-17(2)13(8-5-10(16)6-8)11-7-9(14)3-4-12(11)15/h3-4,7-8,10,13H,5-6,16H2,1-2H3.